The predicted octanol–water partition coefficient (Wildman–Crippen LogP) is 3.21. The molecule has 19 heavy (non-hydrogen) atoms. The zero-order chi connectivity index (χ0) is 13.7. The van der Waals surface area contributed by atoms with Crippen LogP contribution in [-0.4, -0.2) is 11.2 Å². The van der Waals surface area contributed by atoms with Crippen LogP contribution in [0.25, 0.3) is 0 Å². The van der Waals surface area contributed by atoms with Gasteiger partial charge in [0.1, 0.15) is 6.07 Å². The summed E-state index contributed by atoms with van der Waals surface area (Å²) in [7, 11) is 0. The van der Waals surface area contributed by atoms with Crippen LogP contribution in [-0.2, 0) is 6.42 Å². The highest BCUT2D eigenvalue weighted by atomic mass is 35.5. The maximum Gasteiger partial charge on any atom is 0.252 e. The molecule has 0 saturated heterocycles. The van der Waals surface area contributed by atoms with Crippen LogP contribution in [0.4, 0.5) is 5.88 Å². The van der Waals surface area contributed by atoms with Gasteiger partial charge >= 0.3 is 0 Å². The van der Waals surface area contributed by atoms with Crippen molar-refractivity contribution in [2.75, 3.05) is 5.43 Å². The first-order valence-electron chi connectivity index (χ1n) is 5.67. The zero-order valence-corrected chi connectivity index (χ0v) is 11.0. The van der Waals surface area contributed by atoms with Gasteiger partial charge in [-0.25, -0.2) is 10.4 Å². The third kappa shape index (κ3) is 3.33. The SMILES string of the molecule is CCc1nc(C#N)c(NN=Cc2ccc(Cl)cc2)o1. The molecule has 0 spiro atoms. The Bertz CT molecular complexity index is 625. The van der Waals surface area contributed by atoms with Gasteiger partial charge in [-0.05, 0) is 17.7 Å². The fourth-order valence-corrected chi connectivity index (χ4v) is 1.51. The standard InChI is InChI=1S/C13H11ClN4O/c1-2-12-17-11(7-15)13(19-12)18-16-8-9-3-5-10(14)6-4-9/h3-6,8,18H,2H2,1H3. The second kappa shape index (κ2) is 6.03. The number of halogens is 1. The number of hydrogen-bond acceptors (Lipinski definition) is 5. The molecule has 1 aromatic carbocycles. The molecular formula is C13H11ClN4O. The Labute approximate surface area is 115 Å². The molecule has 0 aliphatic carbocycles. The summed E-state index contributed by atoms with van der Waals surface area (Å²) in [6.45, 7) is 1.90. The molecule has 1 N–H and O–H groups in total. The van der Waals surface area contributed by atoms with E-state index < -0.39 is 0 Å². The predicted molar refractivity (Wildman–Crippen MR) is 73.3 cm³/mol. The van der Waals surface area contributed by atoms with Crippen LogP contribution >= 0.6 is 11.6 Å². The van der Waals surface area contributed by atoms with Gasteiger partial charge in [-0.3, -0.25) is 0 Å². The lowest BCUT2D eigenvalue weighted by Crippen LogP contribution is -1.91. The Morgan fingerprint density at radius 2 is 2.21 bits per heavy atom. The molecule has 1 heterocycles. The monoisotopic (exact) mass is 274 g/mol. The van der Waals surface area contributed by atoms with Gasteiger partial charge < -0.3 is 4.42 Å². The van der Waals surface area contributed by atoms with Gasteiger partial charge in [0.05, 0.1) is 6.21 Å². The van der Waals surface area contributed by atoms with Crippen LogP contribution in [0.15, 0.2) is 33.8 Å². The van der Waals surface area contributed by atoms with E-state index in [2.05, 4.69) is 15.5 Å². The summed E-state index contributed by atoms with van der Waals surface area (Å²) in [5.74, 6) is 0.755. The van der Waals surface area contributed by atoms with Crippen LogP contribution in [0.5, 0.6) is 0 Å². The van der Waals surface area contributed by atoms with Crippen molar-refractivity contribution in [3.63, 3.8) is 0 Å². The van der Waals surface area contributed by atoms with Gasteiger partial charge in [0, 0.05) is 11.4 Å². The number of hydrogen-bond donors (Lipinski definition) is 1. The lowest BCUT2D eigenvalue weighted by atomic mass is 10.2. The number of nitriles is 1. The van der Waals surface area contributed by atoms with E-state index in [0.29, 0.717) is 17.3 Å². The fourth-order valence-electron chi connectivity index (χ4n) is 1.38. The quantitative estimate of drug-likeness (QED) is 0.686. The Morgan fingerprint density at radius 1 is 1.47 bits per heavy atom. The lowest BCUT2D eigenvalue weighted by Gasteiger charge is -1.95. The number of aryl methyl sites for hydroxylation is 1. The van der Waals surface area contributed by atoms with Crippen molar-refractivity contribution in [1.29, 1.82) is 5.26 Å². The molecule has 0 unspecified atom stereocenters. The Hall–Kier alpha value is -2.32. The van der Waals surface area contributed by atoms with Crippen LogP contribution < -0.4 is 5.43 Å². The van der Waals surface area contributed by atoms with Crippen molar-refractivity contribution < 1.29 is 4.42 Å². The molecule has 96 valence electrons. The smallest absolute Gasteiger partial charge is 0.252 e. The van der Waals surface area contributed by atoms with E-state index in [4.69, 9.17) is 21.3 Å². The van der Waals surface area contributed by atoms with Gasteiger partial charge in [0.2, 0.25) is 5.69 Å². The summed E-state index contributed by atoms with van der Waals surface area (Å²) in [6, 6.07) is 9.15. The maximum atomic E-state index is 8.90. The van der Waals surface area contributed by atoms with Crippen molar-refractivity contribution in [3.8, 4) is 6.07 Å². The number of hydrazone groups is 1. The molecule has 0 radical (unpaired) electrons. The summed E-state index contributed by atoms with van der Waals surface area (Å²) >= 11 is 5.78. The van der Waals surface area contributed by atoms with Crippen LogP contribution in [0.3, 0.4) is 0 Å². The number of nitrogens with one attached hydrogen (secondary N) is 1. The molecule has 0 bridgehead atoms. The summed E-state index contributed by atoms with van der Waals surface area (Å²) in [5, 5.41) is 13.6. The number of oxazole rings is 1. The molecule has 0 atom stereocenters. The van der Waals surface area contributed by atoms with E-state index in [1.807, 2.05) is 25.1 Å². The number of nitrogens with zero attached hydrogens (tertiary/aromatic N) is 3. The first-order valence-corrected chi connectivity index (χ1v) is 6.05. The zero-order valence-electron chi connectivity index (χ0n) is 10.2. The normalized spacial score (nSPS) is 10.6. The Morgan fingerprint density at radius 3 is 2.84 bits per heavy atom. The molecule has 5 nitrogen and oxygen atoms in total. The topological polar surface area (TPSA) is 74.2 Å². The highest BCUT2D eigenvalue weighted by molar-refractivity contribution is 6.30. The molecule has 0 aliphatic heterocycles. The second-order valence-electron chi connectivity index (χ2n) is 3.67. The lowest BCUT2D eigenvalue weighted by molar-refractivity contribution is 0.513. The van der Waals surface area contributed by atoms with Gasteiger partial charge in [0.15, 0.2) is 5.89 Å². The number of benzene rings is 1. The largest absolute Gasteiger partial charge is 0.422 e. The number of aromatic nitrogens is 1. The summed E-state index contributed by atoms with van der Waals surface area (Å²) in [4.78, 5) is 4.00. The van der Waals surface area contributed by atoms with Gasteiger partial charge in [0.25, 0.3) is 5.88 Å². The summed E-state index contributed by atoms with van der Waals surface area (Å²) < 4.78 is 5.33. The van der Waals surface area contributed by atoms with E-state index in [1.165, 1.54) is 0 Å². The molecule has 2 rings (SSSR count). The molecule has 1 aromatic heterocycles. The third-order valence-electron chi connectivity index (χ3n) is 2.33. The van der Waals surface area contributed by atoms with E-state index in [-0.39, 0.29) is 11.6 Å². The molecule has 0 amide bonds. The van der Waals surface area contributed by atoms with Crippen LogP contribution in [0.1, 0.15) is 24.1 Å². The third-order valence-corrected chi connectivity index (χ3v) is 2.58. The van der Waals surface area contributed by atoms with Crippen molar-refractivity contribution in [3.05, 3.63) is 46.4 Å². The van der Waals surface area contributed by atoms with Crippen molar-refractivity contribution >= 4 is 23.7 Å². The number of rotatable bonds is 4. The summed E-state index contributed by atoms with van der Waals surface area (Å²) in [5.41, 5.74) is 3.75. The maximum absolute atomic E-state index is 8.90. The van der Waals surface area contributed by atoms with Crippen LogP contribution in [0.2, 0.25) is 5.02 Å². The van der Waals surface area contributed by atoms with Crippen molar-refractivity contribution in [1.82, 2.24) is 4.98 Å². The van der Waals surface area contributed by atoms with Gasteiger partial charge in [-0.1, -0.05) is 30.7 Å². The van der Waals surface area contributed by atoms with E-state index in [9.17, 15) is 0 Å². The minimum Gasteiger partial charge on any atom is -0.422 e. The minimum absolute atomic E-state index is 0.199. The van der Waals surface area contributed by atoms with Gasteiger partial charge in [-0.2, -0.15) is 10.4 Å². The van der Waals surface area contributed by atoms with E-state index >= 15 is 0 Å². The Kier molecular flexibility index (Phi) is 4.16. The fraction of sp³-hybridized carbons (Fsp3) is 0.154. The molecule has 0 aliphatic rings. The molecule has 2 aromatic rings. The van der Waals surface area contributed by atoms with Crippen molar-refractivity contribution in [2.45, 2.75) is 13.3 Å². The van der Waals surface area contributed by atoms with Crippen LogP contribution in [0, 0.1) is 11.3 Å². The van der Waals surface area contributed by atoms with Crippen molar-refractivity contribution in [2.24, 2.45) is 5.10 Å². The first-order chi connectivity index (χ1) is 9.22. The van der Waals surface area contributed by atoms with E-state index in [0.717, 1.165) is 5.56 Å². The van der Waals surface area contributed by atoms with Gasteiger partial charge in [-0.15, -0.1) is 0 Å². The average Bonchev–Trinajstić information content (AvgIpc) is 2.83. The summed E-state index contributed by atoms with van der Waals surface area (Å²) in [6.07, 6.45) is 2.23. The molecule has 6 heteroatoms. The molecular weight excluding hydrogens is 264 g/mol. The molecule has 0 saturated carbocycles. The highest BCUT2D eigenvalue weighted by Gasteiger charge is 2.10. The first kappa shape index (κ1) is 13.1. The van der Waals surface area contributed by atoms with E-state index in [1.54, 1.807) is 18.3 Å². The minimum atomic E-state index is 0.199. The number of anilines is 1. The molecule has 0 fully saturated rings. The Balaban J connectivity index is 2.08. The highest BCUT2D eigenvalue weighted by Crippen LogP contribution is 2.16. The second-order valence-corrected chi connectivity index (χ2v) is 4.11. The average molecular weight is 275 g/mol.